The van der Waals surface area contributed by atoms with Gasteiger partial charge in [0.05, 0.1) is 12.2 Å². The zero-order chi connectivity index (χ0) is 13.7. The fourth-order valence-electron chi connectivity index (χ4n) is 1.95. The summed E-state index contributed by atoms with van der Waals surface area (Å²) in [7, 11) is 0. The van der Waals surface area contributed by atoms with Gasteiger partial charge in [-0.1, -0.05) is 13.0 Å². The van der Waals surface area contributed by atoms with Crippen molar-refractivity contribution < 1.29 is 19.7 Å². The Labute approximate surface area is 113 Å². The van der Waals surface area contributed by atoms with E-state index in [1.807, 2.05) is 19.1 Å². The van der Waals surface area contributed by atoms with Crippen LogP contribution in [0.1, 0.15) is 31.4 Å². The zero-order valence-electron chi connectivity index (χ0n) is 11.1. The molecule has 5 nitrogen and oxygen atoms in total. The van der Waals surface area contributed by atoms with Crippen LogP contribution in [-0.4, -0.2) is 36.2 Å². The van der Waals surface area contributed by atoms with Gasteiger partial charge in [0.2, 0.25) is 6.79 Å². The molecule has 0 saturated carbocycles. The van der Waals surface area contributed by atoms with E-state index in [-0.39, 0.29) is 12.9 Å². The first-order chi connectivity index (χ1) is 9.20. The van der Waals surface area contributed by atoms with Crippen LogP contribution in [0.25, 0.3) is 0 Å². The zero-order valence-corrected chi connectivity index (χ0v) is 11.1. The SMILES string of the molecule is CCC(O)CCNCC(O)c1ccc2c(c1)OCO2. The second-order valence-corrected chi connectivity index (χ2v) is 4.68. The lowest BCUT2D eigenvalue weighted by Crippen LogP contribution is -2.25. The predicted octanol–water partition coefficient (Wildman–Crippen LogP) is 1.20. The van der Waals surface area contributed by atoms with Crippen molar-refractivity contribution in [3.8, 4) is 11.5 Å². The molecule has 0 aliphatic carbocycles. The summed E-state index contributed by atoms with van der Waals surface area (Å²) in [6.45, 7) is 3.33. The number of nitrogens with one attached hydrogen (secondary N) is 1. The second kappa shape index (κ2) is 6.75. The summed E-state index contributed by atoms with van der Waals surface area (Å²) in [6.07, 6.45) is 0.597. The molecule has 0 bridgehead atoms. The molecule has 1 aromatic rings. The van der Waals surface area contributed by atoms with Gasteiger partial charge < -0.3 is 25.0 Å². The van der Waals surface area contributed by atoms with Crippen molar-refractivity contribution in [2.75, 3.05) is 19.9 Å². The summed E-state index contributed by atoms with van der Waals surface area (Å²) >= 11 is 0. The minimum Gasteiger partial charge on any atom is -0.454 e. The third kappa shape index (κ3) is 3.83. The predicted molar refractivity (Wildman–Crippen MR) is 71.3 cm³/mol. The summed E-state index contributed by atoms with van der Waals surface area (Å²) in [5.41, 5.74) is 0.799. The lowest BCUT2D eigenvalue weighted by atomic mass is 10.1. The van der Waals surface area contributed by atoms with Gasteiger partial charge in [-0.3, -0.25) is 0 Å². The van der Waals surface area contributed by atoms with Gasteiger partial charge in [-0.2, -0.15) is 0 Å². The van der Waals surface area contributed by atoms with E-state index in [1.54, 1.807) is 6.07 Å². The highest BCUT2D eigenvalue weighted by Gasteiger charge is 2.16. The van der Waals surface area contributed by atoms with E-state index in [0.717, 1.165) is 17.7 Å². The minimum atomic E-state index is -0.590. The van der Waals surface area contributed by atoms with Crippen LogP contribution in [0, 0.1) is 0 Å². The Morgan fingerprint density at radius 1 is 1.26 bits per heavy atom. The van der Waals surface area contributed by atoms with Crippen molar-refractivity contribution in [3.63, 3.8) is 0 Å². The van der Waals surface area contributed by atoms with Crippen LogP contribution in [0.3, 0.4) is 0 Å². The Morgan fingerprint density at radius 3 is 2.84 bits per heavy atom. The number of benzene rings is 1. The first kappa shape index (κ1) is 14.1. The van der Waals surface area contributed by atoms with Gasteiger partial charge in [0, 0.05) is 6.54 Å². The van der Waals surface area contributed by atoms with Crippen LogP contribution in [0.5, 0.6) is 11.5 Å². The maximum Gasteiger partial charge on any atom is 0.231 e. The van der Waals surface area contributed by atoms with E-state index in [0.29, 0.717) is 25.3 Å². The van der Waals surface area contributed by atoms with E-state index in [9.17, 15) is 10.2 Å². The number of fused-ring (bicyclic) bond motifs is 1. The molecule has 1 aliphatic rings. The Balaban J connectivity index is 1.78. The highest BCUT2D eigenvalue weighted by molar-refractivity contribution is 5.45. The van der Waals surface area contributed by atoms with Crippen molar-refractivity contribution in [2.45, 2.75) is 32.0 Å². The lowest BCUT2D eigenvalue weighted by molar-refractivity contribution is 0.150. The minimum absolute atomic E-state index is 0.238. The van der Waals surface area contributed by atoms with E-state index >= 15 is 0 Å². The molecule has 1 heterocycles. The molecule has 2 unspecified atom stereocenters. The third-order valence-electron chi connectivity index (χ3n) is 3.24. The molecular formula is C14H21NO4. The van der Waals surface area contributed by atoms with Crippen LogP contribution < -0.4 is 14.8 Å². The molecule has 0 radical (unpaired) electrons. The van der Waals surface area contributed by atoms with Gasteiger partial charge in [0.15, 0.2) is 11.5 Å². The summed E-state index contributed by atoms with van der Waals surface area (Å²) < 4.78 is 10.5. The van der Waals surface area contributed by atoms with Crippen LogP contribution in [-0.2, 0) is 0 Å². The smallest absolute Gasteiger partial charge is 0.231 e. The third-order valence-corrected chi connectivity index (χ3v) is 3.24. The summed E-state index contributed by atoms with van der Waals surface area (Å²) in [4.78, 5) is 0. The molecule has 0 aromatic heterocycles. The molecule has 2 rings (SSSR count). The quantitative estimate of drug-likeness (QED) is 0.648. The summed E-state index contributed by atoms with van der Waals surface area (Å²) in [5.74, 6) is 1.40. The van der Waals surface area contributed by atoms with Crippen LogP contribution in [0.2, 0.25) is 0 Å². The Kier molecular flexibility index (Phi) is 5.01. The molecule has 19 heavy (non-hydrogen) atoms. The topological polar surface area (TPSA) is 71.0 Å². The first-order valence-corrected chi connectivity index (χ1v) is 6.67. The molecule has 1 aromatic carbocycles. The number of rotatable bonds is 7. The standard InChI is InChI=1S/C14H21NO4/c1-2-11(16)5-6-15-8-12(17)10-3-4-13-14(7-10)19-9-18-13/h3-4,7,11-12,15-17H,2,5-6,8-9H2,1H3. The average molecular weight is 267 g/mol. The lowest BCUT2D eigenvalue weighted by Gasteiger charge is -2.14. The van der Waals surface area contributed by atoms with Crippen molar-refractivity contribution in [3.05, 3.63) is 23.8 Å². The molecule has 5 heteroatoms. The number of aliphatic hydroxyl groups is 2. The highest BCUT2D eigenvalue weighted by atomic mass is 16.7. The van der Waals surface area contributed by atoms with Gasteiger partial charge in [-0.05, 0) is 37.1 Å². The molecule has 0 spiro atoms. The molecule has 0 saturated heterocycles. The number of aliphatic hydroxyl groups excluding tert-OH is 2. The monoisotopic (exact) mass is 267 g/mol. The number of hydrogen-bond acceptors (Lipinski definition) is 5. The Hall–Kier alpha value is -1.30. The van der Waals surface area contributed by atoms with Gasteiger partial charge >= 0.3 is 0 Å². The summed E-state index contributed by atoms with van der Waals surface area (Å²) in [6, 6.07) is 5.44. The second-order valence-electron chi connectivity index (χ2n) is 4.68. The van der Waals surface area contributed by atoms with Gasteiger partial charge in [-0.15, -0.1) is 0 Å². The molecule has 1 aliphatic heterocycles. The van der Waals surface area contributed by atoms with Gasteiger partial charge in [0.25, 0.3) is 0 Å². The fourth-order valence-corrected chi connectivity index (χ4v) is 1.95. The van der Waals surface area contributed by atoms with Gasteiger partial charge in [0.1, 0.15) is 0 Å². The molecule has 0 amide bonds. The van der Waals surface area contributed by atoms with Crippen molar-refractivity contribution >= 4 is 0 Å². The fraction of sp³-hybridized carbons (Fsp3) is 0.571. The molecule has 2 atom stereocenters. The van der Waals surface area contributed by atoms with E-state index in [1.165, 1.54) is 0 Å². The molecule has 3 N–H and O–H groups in total. The van der Waals surface area contributed by atoms with E-state index in [4.69, 9.17) is 9.47 Å². The number of hydrogen-bond donors (Lipinski definition) is 3. The Bertz CT molecular complexity index is 410. The van der Waals surface area contributed by atoms with Crippen molar-refractivity contribution in [1.82, 2.24) is 5.32 Å². The highest BCUT2D eigenvalue weighted by Crippen LogP contribution is 2.33. The van der Waals surface area contributed by atoms with Crippen molar-refractivity contribution in [2.24, 2.45) is 0 Å². The average Bonchev–Trinajstić information content (AvgIpc) is 2.90. The maximum absolute atomic E-state index is 10.1. The molecule has 106 valence electrons. The van der Waals surface area contributed by atoms with Crippen molar-refractivity contribution in [1.29, 1.82) is 0 Å². The van der Waals surface area contributed by atoms with Gasteiger partial charge in [-0.25, -0.2) is 0 Å². The normalized spacial score (nSPS) is 16.4. The molecule has 0 fully saturated rings. The molecular weight excluding hydrogens is 246 g/mol. The van der Waals surface area contributed by atoms with Crippen LogP contribution >= 0.6 is 0 Å². The van der Waals surface area contributed by atoms with Crippen LogP contribution in [0.15, 0.2) is 18.2 Å². The van der Waals surface area contributed by atoms with E-state index < -0.39 is 6.10 Å². The summed E-state index contributed by atoms with van der Waals surface area (Å²) in [5, 5.41) is 22.6. The largest absolute Gasteiger partial charge is 0.454 e. The maximum atomic E-state index is 10.1. The van der Waals surface area contributed by atoms with Crippen LogP contribution in [0.4, 0.5) is 0 Å². The first-order valence-electron chi connectivity index (χ1n) is 6.67. The number of ether oxygens (including phenoxy) is 2. The Morgan fingerprint density at radius 2 is 2.05 bits per heavy atom. The van der Waals surface area contributed by atoms with E-state index in [2.05, 4.69) is 5.32 Å².